The van der Waals surface area contributed by atoms with Crippen molar-refractivity contribution in [1.29, 1.82) is 5.41 Å². The van der Waals surface area contributed by atoms with Gasteiger partial charge in [-0.1, -0.05) is 6.42 Å². The molecular weight excluding hydrogens is 846 g/mol. The fourth-order valence-electron chi connectivity index (χ4n) is 3.62. The number of anilines is 1. The summed E-state index contributed by atoms with van der Waals surface area (Å²) < 4.78 is 28.2. The summed E-state index contributed by atoms with van der Waals surface area (Å²) in [4.78, 5) is 96.6. The summed E-state index contributed by atoms with van der Waals surface area (Å²) in [6.07, 6.45) is 4.10. The zero-order valence-corrected chi connectivity index (χ0v) is 33.5. The molecule has 0 aromatic carbocycles. The van der Waals surface area contributed by atoms with E-state index in [0.29, 0.717) is 55.8 Å². The number of H-pyrrole nitrogens is 1. The van der Waals surface area contributed by atoms with Gasteiger partial charge in [0.05, 0.1) is 18.5 Å². The number of urea groups is 1. The van der Waals surface area contributed by atoms with Crippen LogP contribution in [0.15, 0.2) is 12.7 Å². The number of aliphatic carboxylic acids is 6. The van der Waals surface area contributed by atoms with Crippen LogP contribution in [0.5, 0.6) is 0 Å². The summed E-state index contributed by atoms with van der Waals surface area (Å²) in [7, 11) is -3.93. The number of rotatable bonds is 22. The third-order valence-corrected chi connectivity index (χ3v) is 7.18. The van der Waals surface area contributed by atoms with Crippen LogP contribution in [0, 0.1) is 5.41 Å². The lowest BCUT2D eigenvalue weighted by molar-refractivity contribution is -0.145. The molecule has 2 rings (SSSR count). The van der Waals surface area contributed by atoms with Crippen molar-refractivity contribution in [3.63, 3.8) is 0 Å². The predicted octanol–water partition coefficient (Wildman–Crippen LogP) is -3.66. The number of hydrogen-bond acceptors (Lipinski definition) is 17. The number of nitrogens with zero attached hydrogens (tertiary/aromatic N) is 3. The number of primary amides is 1. The molecule has 2 aromatic heterocycles. The molecule has 3 amide bonds. The number of nitrogen functional groups attached to an aromatic ring is 1. The molecule has 0 saturated carbocycles. The molecular formula is C30H53N13O17S. The molecule has 61 heavy (non-hydrogen) atoms. The quantitative estimate of drug-likeness (QED) is 0.0234. The maximum absolute atomic E-state index is 10.8. The van der Waals surface area contributed by atoms with Gasteiger partial charge in [-0.15, -0.1) is 0 Å². The number of carboxylic acids is 6. The number of guanidine groups is 1. The number of aromatic amines is 1. The van der Waals surface area contributed by atoms with Gasteiger partial charge in [0.15, 0.2) is 17.4 Å². The third-order valence-electron chi connectivity index (χ3n) is 6.46. The van der Waals surface area contributed by atoms with Crippen molar-refractivity contribution in [3.05, 3.63) is 12.7 Å². The smallest absolute Gasteiger partial charge is 0.326 e. The van der Waals surface area contributed by atoms with Crippen LogP contribution in [-0.4, -0.2) is 161 Å². The minimum absolute atomic E-state index is 0.0132. The van der Waals surface area contributed by atoms with Crippen LogP contribution < -0.4 is 44.2 Å². The van der Waals surface area contributed by atoms with Crippen LogP contribution in [0.3, 0.4) is 0 Å². The van der Waals surface area contributed by atoms with E-state index in [1.165, 1.54) is 19.6 Å². The molecule has 346 valence electrons. The maximum Gasteiger partial charge on any atom is 0.326 e. The fraction of sp³-hybridized carbons (Fsp3) is 0.533. The molecule has 0 bridgehead atoms. The third kappa shape index (κ3) is 38.3. The predicted molar refractivity (Wildman–Crippen MR) is 210 cm³/mol. The molecule has 0 spiro atoms. The van der Waals surface area contributed by atoms with E-state index < -0.39 is 82.3 Å². The number of fused-ring (bicyclic) bond motifs is 1. The van der Waals surface area contributed by atoms with Crippen LogP contribution in [0.4, 0.5) is 10.6 Å². The molecule has 0 aliphatic heterocycles. The fourth-order valence-corrected chi connectivity index (χ4v) is 3.98. The van der Waals surface area contributed by atoms with Gasteiger partial charge in [0.1, 0.15) is 30.0 Å². The first-order valence-corrected chi connectivity index (χ1v) is 18.9. The number of aromatic nitrogens is 4. The Morgan fingerprint density at radius 2 is 1.36 bits per heavy atom. The van der Waals surface area contributed by atoms with Gasteiger partial charge >= 0.3 is 41.8 Å². The Hall–Kier alpha value is -6.99. The van der Waals surface area contributed by atoms with Gasteiger partial charge in [0.2, 0.25) is 5.91 Å². The summed E-state index contributed by atoms with van der Waals surface area (Å²) in [6.45, 7) is 2.18. The van der Waals surface area contributed by atoms with Crippen molar-refractivity contribution >= 4 is 80.8 Å². The standard InChI is InChI=1S/C11H20N2O6.C6H11NO3.C5H5N5.C5H8N2O5.C3H9N3O3S/c12-7(10(16)17)3-1-2-6-13-8(11(18)19)4-5-9(14)15;1-5(8)7-4-2-3-6(9)10;6-4-3-5(9-1-7-3)10-2-8-4;6-5(12)7-2(4(10)11)1-3(8)9;4-3(5)6-1-2-10(7,8)9/h7-8,13H,1-6,12H2,(H,14,15)(H,16,17)(H,18,19);2-4H2,1H3,(H,7,8)(H,9,10);1-2H,(H3,6,7,8,9,10);2H,1H2,(H,8,9)(H,10,11)(H3,6,7,12);1-2H2,(H4,4,5,6)(H,7,8,9). The minimum atomic E-state index is -3.93. The number of nitrogens with one attached hydrogen (secondary N) is 6. The van der Waals surface area contributed by atoms with Gasteiger partial charge in [-0.25, -0.2) is 24.5 Å². The summed E-state index contributed by atoms with van der Waals surface area (Å²) in [5, 5.41) is 66.4. The molecule has 30 nitrogen and oxygen atoms in total. The van der Waals surface area contributed by atoms with Crippen molar-refractivity contribution < 1.29 is 82.0 Å². The van der Waals surface area contributed by atoms with Gasteiger partial charge in [0.25, 0.3) is 10.1 Å². The van der Waals surface area contributed by atoms with E-state index in [2.05, 4.69) is 41.6 Å². The van der Waals surface area contributed by atoms with Gasteiger partial charge in [0, 0.05) is 32.9 Å². The number of amides is 3. The Kier molecular flexibility index (Phi) is 31.5. The van der Waals surface area contributed by atoms with Gasteiger partial charge < -0.3 is 79.8 Å². The maximum atomic E-state index is 10.8. The average Bonchev–Trinajstić information content (AvgIpc) is 3.61. The molecule has 2 aromatic rings. The van der Waals surface area contributed by atoms with Crippen molar-refractivity contribution in [2.24, 2.45) is 17.2 Å². The zero-order chi connectivity index (χ0) is 47.7. The Labute approximate surface area is 346 Å². The molecule has 3 unspecified atom stereocenters. The molecule has 0 saturated heterocycles. The SMILES string of the molecule is CC(=O)NCCCC(=O)O.N=C(N)NCCS(=O)(=O)O.NC(=O)NC(CC(=O)O)C(=O)O.NC(CCCCNC(CCC(=O)O)C(=O)O)C(=O)O.Nc1ncnc2nc[nH]c12. The Balaban J connectivity index is -0.000000709. The van der Waals surface area contributed by atoms with Gasteiger partial charge in [-0.2, -0.15) is 8.42 Å². The molecule has 0 fully saturated rings. The number of unbranched alkanes of at least 4 members (excludes halogenated alkanes) is 1. The summed E-state index contributed by atoms with van der Waals surface area (Å²) in [6, 6.07) is -4.34. The summed E-state index contributed by atoms with van der Waals surface area (Å²) >= 11 is 0. The highest BCUT2D eigenvalue weighted by Gasteiger charge is 2.21. The number of carbonyl (C=O) groups is 8. The molecule has 0 aliphatic rings. The molecule has 2 heterocycles. The minimum Gasteiger partial charge on any atom is -0.481 e. The Morgan fingerprint density at radius 1 is 0.770 bits per heavy atom. The molecule has 3 atom stereocenters. The zero-order valence-electron chi connectivity index (χ0n) is 32.6. The Morgan fingerprint density at radius 3 is 1.80 bits per heavy atom. The van der Waals surface area contributed by atoms with Gasteiger partial charge in [-0.3, -0.25) is 38.7 Å². The number of nitrogens with two attached hydrogens (primary N) is 4. The number of carboxylic acid groups (broad SMARTS) is 6. The van der Waals surface area contributed by atoms with Crippen molar-refractivity contribution in [2.45, 2.75) is 76.4 Å². The van der Waals surface area contributed by atoms with Crippen LogP contribution in [0.25, 0.3) is 11.2 Å². The van der Waals surface area contributed by atoms with E-state index in [0.717, 1.165) is 0 Å². The van der Waals surface area contributed by atoms with E-state index in [1.807, 2.05) is 0 Å². The Bertz CT molecular complexity index is 1800. The van der Waals surface area contributed by atoms with Crippen molar-refractivity contribution in [2.75, 3.05) is 31.1 Å². The van der Waals surface area contributed by atoms with E-state index in [4.69, 9.17) is 57.8 Å². The lowest BCUT2D eigenvalue weighted by Crippen LogP contribution is -2.44. The largest absolute Gasteiger partial charge is 0.481 e. The normalized spacial score (nSPS) is 11.5. The van der Waals surface area contributed by atoms with E-state index >= 15 is 0 Å². The highest BCUT2D eigenvalue weighted by atomic mass is 32.2. The summed E-state index contributed by atoms with van der Waals surface area (Å²) in [5.41, 5.74) is 21.5. The second kappa shape index (κ2) is 32.9. The van der Waals surface area contributed by atoms with Crippen molar-refractivity contribution in [3.8, 4) is 0 Å². The number of imidazole rings is 1. The average molecular weight is 900 g/mol. The second-order valence-corrected chi connectivity index (χ2v) is 13.3. The first-order valence-electron chi connectivity index (χ1n) is 17.3. The highest BCUT2D eigenvalue weighted by Crippen LogP contribution is 2.09. The van der Waals surface area contributed by atoms with E-state index in [1.54, 1.807) is 5.32 Å². The van der Waals surface area contributed by atoms with Crippen molar-refractivity contribution in [1.82, 2.24) is 41.2 Å². The molecule has 21 N–H and O–H groups in total. The van der Waals surface area contributed by atoms with Crippen LogP contribution in [-0.2, 0) is 43.7 Å². The first-order chi connectivity index (χ1) is 28.2. The second-order valence-electron chi connectivity index (χ2n) is 11.7. The van der Waals surface area contributed by atoms with Crippen LogP contribution in [0.2, 0.25) is 0 Å². The van der Waals surface area contributed by atoms with Crippen LogP contribution >= 0.6 is 0 Å². The monoisotopic (exact) mass is 899 g/mol. The van der Waals surface area contributed by atoms with E-state index in [9.17, 15) is 46.8 Å². The van der Waals surface area contributed by atoms with Gasteiger partial charge in [-0.05, 0) is 32.2 Å². The topological polar surface area (TPSA) is 543 Å². The lowest BCUT2D eigenvalue weighted by atomic mass is 10.1. The first kappa shape index (κ1) is 58.3. The van der Waals surface area contributed by atoms with Crippen LogP contribution in [0.1, 0.15) is 58.3 Å². The highest BCUT2D eigenvalue weighted by molar-refractivity contribution is 7.85. The summed E-state index contributed by atoms with van der Waals surface area (Å²) in [5.74, 6) is -7.22. The molecule has 0 radical (unpaired) electrons. The van der Waals surface area contributed by atoms with E-state index in [-0.39, 0.29) is 37.7 Å². The number of hydrogen-bond donors (Lipinski definition) is 17. The lowest BCUT2D eigenvalue weighted by Gasteiger charge is -2.13. The molecule has 31 heteroatoms. The number of carbonyl (C=O) groups excluding carboxylic acids is 2. The molecule has 0 aliphatic carbocycles.